The topological polar surface area (TPSA) is 63.3 Å². The van der Waals surface area contributed by atoms with Crippen molar-refractivity contribution in [3.63, 3.8) is 0 Å². The largest absolute Gasteiger partial charge is 0.395 e. The van der Waals surface area contributed by atoms with Gasteiger partial charge in [-0.3, -0.25) is 4.79 Å². The normalized spacial score (nSPS) is 12.3. The summed E-state index contributed by atoms with van der Waals surface area (Å²) in [7, 11) is 0. The fraction of sp³-hybridized carbons (Fsp3) is 0.667. The number of carbonyl (C=O) groups is 1. The standard InChI is InChI=1S/C21H35NO2/c1-2-3-4-5-6-7-8-9-10-11-21(24)19-14-12-18(13-15-19)16-20(22)17-23/h12-15,20,23H,2-11,16-17,22H2,1H3. The van der Waals surface area contributed by atoms with E-state index in [1.807, 2.05) is 24.3 Å². The van der Waals surface area contributed by atoms with Gasteiger partial charge in [-0.25, -0.2) is 0 Å². The molecule has 24 heavy (non-hydrogen) atoms. The van der Waals surface area contributed by atoms with E-state index in [9.17, 15) is 4.79 Å². The van der Waals surface area contributed by atoms with E-state index in [1.54, 1.807) is 0 Å². The lowest BCUT2D eigenvalue weighted by atomic mass is 10.00. The Morgan fingerprint density at radius 2 is 1.50 bits per heavy atom. The molecule has 0 bridgehead atoms. The fourth-order valence-corrected chi connectivity index (χ4v) is 2.93. The van der Waals surface area contributed by atoms with Crippen molar-refractivity contribution in [2.75, 3.05) is 6.61 Å². The van der Waals surface area contributed by atoms with E-state index >= 15 is 0 Å². The molecule has 3 N–H and O–H groups in total. The van der Waals surface area contributed by atoms with Crippen molar-refractivity contribution in [3.8, 4) is 0 Å². The number of aliphatic hydroxyl groups excluding tert-OH is 1. The van der Waals surface area contributed by atoms with Crippen molar-refractivity contribution >= 4 is 5.78 Å². The van der Waals surface area contributed by atoms with Crippen molar-refractivity contribution in [1.82, 2.24) is 0 Å². The maximum atomic E-state index is 12.2. The molecule has 1 aromatic carbocycles. The summed E-state index contributed by atoms with van der Waals surface area (Å²) < 4.78 is 0. The molecule has 0 fully saturated rings. The molecule has 1 atom stereocenters. The van der Waals surface area contributed by atoms with Gasteiger partial charge in [0.1, 0.15) is 0 Å². The van der Waals surface area contributed by atoms with Gasteiger partial charge in [-0.05, 0) is 18.4 Å². The van der Waals surface area contributed by atoms with Crippen molar-refractivity contribution in [2.45, 2.75) is 83.6 Å². The highest BCUT2D eigenvalue weighted by molar-refractivity contribution is 5.96. The zero-order valence-electron chi connectivity index (χ0n) is 15.3. The predicted molar refractivity (Wildman–Crippen MR) is 101 cm³/mol. The molecular weight excluding hydrogens is 298 g/mol. The zero-order valence-corrected chi connectivity index (χ0v) is 15.3. The van der Waals surface area contributed by atoms with Gasteiger partial charge in [0.05, 0.1) is 6.61 Å². The number of Topliss-reactive ketones (excluding diaryl/α,β-unsaturated/α-hetero) is 1. The van der Waals surface area contributed by atoms with E-state index in [-0.39, 0.29) is 18.4 Å². The summed E-state index contributed by atoms with van der Waals surface area (Å²) in [6.45, 7) is 2.23. The first-order valence-corrected chi connectivity index (χ1v) is 9.66. The maximum absolute atomic E-state index is 12.2. The van der Waals surface area contributed by atoms with Gasteiger partial charge in [0, 0.05) is 18.0 Å². The molecule has 0 spiro atoms. The molecule has 0 aliphatic carbocycles. The van der Waals surface area contributed by atoms with Crippen LogP contribution >= 0.6 is 0 Å². The Hall–Kier alpha value is -1.19. The van der Waals surface area contributed by atoms with Crippen LogP contribution in [0.1, 0.15) is 87.1 Å². The van der Waals surface area contributed by atoms with Crippen molar-refractivity contribution in [1.29, 1.82) is 0 Å². The first-order chi connectivity index (χ1) is 11.7. The first kappa shape index (κ1) is 20.9. The third-order valence-corrected chi connectivity index (χ3v) is 4.52. The van der Waals surface area contributed by atoms with E-state index in [0.717, 1.165) is 24.0 Å². The van der Waals surface area contributed by atoms with Gasteiger partial charge < -0.3 is 10.8 Å². The minimum atomic E-state index is -0.228. The molecule has 3 heteroatoms. The molecule has 0 saturated carbocycles. The van der Waals surface area contributed by atoms with Gasteiger partial charge in [0.15, 0.2) is 5.78 Å². The number of hydrogen-bond acceptors (Lipinski definition) is 3. The van der Waals surface area contributed by atoms with Crippen molar-refractivity contribution in [3.05, 3.63) is 35.4 Å². The van der Waals surface area contributed by atoms with Gasteiger partial charge in [-0.1, -0.05) is 82.6 Å². The lowest BCUT2D eigenvalue weighted by Gasteiger charge is -2.08. The molecule has 0 aliphatic rings. The zero-order chi connectivity index (χ0) is 17.6. The Labute approximate surface area is 147 Å². The third kappa shape index (κ3) is 9.19. The van der Waals surface area contributed by atoms with Crippen molar-refractivity contribution < 1.29 is 9.90 Å². The average Bonchev–Trinajstić information content (AvgIpc) is 2.60. The van der Waals surface area contributed by atoms with Crippen LogP contribution in [-0.2, 0) is 6.42 Å². The van der Waals surface area contributed by atoms with Crippen LogP contribution in [0.5, 0.6) is 0 Å². The van der Waals surface area contributed by atoms with Gasteiger partial charge in [-0.15, -0.1) is 0 Å². The number of benzene rings is 1. The van der Waals surface area contributed by atoms with Crippen LogP contribution < -0.4 is 5.73 Å². The first-order valence-electron chi connectivity index (χ1n) is 9.66. The Balaban J connectivity index is 2.14. The molecule has 0 aromatic heterocycles. The second-order valence-electron chi connectivity index (χ2n) is 6.85. The molecular formula is C21H35NO2. The molecule has 0 amide bonds. The van der Waals surface area contributed by atoms with Crippen LogP contribution in [-0.4, -0.2) is 23.5 Å². The average molecular weight is 334 g/mol. The maximum Gasteiger partial charge on any atom is 0.162 e. The van der Waals surface area contributed by atoms with Crippen LogP contribution in [0.15, 0.2) is 24.3 Å². The quantitative estimate of drug-likeness (QED) is 0.385. The summed E-state index contributed by atoms with van der Waals surface area (Å²) in [5.41, 5.74) is 7.58. The predicted octanol–water partition coefficient (Wildman–Crippen LogP) is 4.65. The van der Waals surface area contributed by atoms with E-state index in [0.29, 0.717) is 12.8 Å². The Bertz CT molecular complexity index is 442. The highest BCUT2D eigenvalue weighted by atomic mass is 16.3. The van der Waals surface area contributed by atoms with E-state index in [4.69, 9.17) is 10.8 Å². The van der Waals surface area contributed by atoms with E-state index < -0.39 is 0 Å². The summed E-state index contributed by atoms with van der Waals surface area (Å²) in [6, 6.07) is 7.43. The summed E-state index contributed by atoms with van der Waals surface area (Å²) in [4.78, 5) is 12.2. The number of hydrogen-bond donors (Lipinski definition) is 2. The minimum absolute atomic E-state index is 0.0146. The van der Waals surface area contributed by atoms with E-state index in [1.165, 1.54) is 44.9 Å². The van der Waals surface area contributed by atoms with Crippen LogP contribution in [0.25, 0.3) is 0 Å². The molecule has 1 aromatic rings. The summed E-state index contributed by atoms with van der Waals surface area (Å²) in [5.74, 6) is 0.232. The minimum Gasteiger partial charge on any atom is -0.395 e. The monoisotopic (exact) mass is 333 g/mol. The number of unbranched alkanes of at least 4 members (excludes halogenated alkanes) is 8. The smallest absolute Gasteiger partial charge is 0.162 e. The van der Waals surface area contributed by atoms with Crippen LogP contribution in [0.2, 0.25) is 0 Å². The highest BCUT2D eigenvalue weighted by Crippen LogP contribution is 2.13. The lowest BCUT2D eigenvalue weighted by Crippen LogP contribution is -2.26. The Morgan fingerprint density at radius 1 is 0.958 bits per heavy atom. The number of ketones is 1. The van der Waals surface area contributed by atoms with Gasteiger partial charge >= 0.3 is 0 Å². The second kappa shape index (κ2) is 13.1. The lowest BCUT2D eigenvalue weighted by molar-refractivity contribution is 0.0979. The van der Waals surface area contributed by atoms with Crippen LogP contribution in [0, 0.1) is 0 Å². The molecule has 0 heterocycles. The van der Waals surface area contributed by atoms with Crippen LogP contribution in [0.4, 0.5) is 0 Å². The number of carbonyl (C=O) groups excluding carboxylic acids is 1. The van der Waals surface area contributed by atoms with Crippen molar-refractivity contribution in [2.24, 2.45) is 5.73 Å². The summed E-state index contributed by atoms with van der Waals surface area (Å²) >= 11 is 0. The number of nitrogens with two attached hydrogens (primary N) is 1. The molecule has 1 unspecified atom stereocenters. The molecule has 0 radical (unpaired) electrons. The SMILES string of the molecule is CCCCCCCCCCCC(=O)c1ccc(CC(N)CO)cc1. The van der Waals surface area contributed by atoms with E-state index in [2.05, 4.69) is 6.92 Å². The fourth-order valence-electron chi connectivity index (χ4n) is 2.93. The summed E-state index contributed by atoms with van der Waals surface area (Å²) in [5, 5.41) is 8.97. The Morgan fingerprint density at radius 3 is 2.04 bits per heavy atom. The number of aliphatic hydroxyl groups is 1. The molecule has 3 nitrogen and oxygen atoms in total. The molecule has 136 valence electrons. The Kier molecular flexibility index (Phi) is 11.4. The second-order valence-corrected chi connectivity index (χ2v) is 6.85. The summed E-state index contributed by atoms with van der Waals surface area (Å²) in [6.07, 6.45) is 12.7. The molecule has 1 rings (SSSR count). The number of rotatable bonds is 14. The van der Waals surface area contributed by atoms with Gasteiger partial charge in [0.25, 0.3) is 0 Å². The third-order valence-electron chi connectivity index (χ3n) is 4.52. The van der Waals surface area contributed by atoms with Gasteiger partial charge in [0.2, 0.25) is 0 Å². The van der Waals surface area contributed by atoms with Crippen LogP contribution in [0.3, 0.4) is 0 Å². The highest BCUT2D eigenvalue weighted by Gasteiger charge is 2.07. The molecule has 0 saturated heterocycles. The van der Waals surface area contributed by atoms with Gasteiger partial charge in [-0.2, -0.15) is 0 Å². The molecule has 0 aliphatic heterocycles.